The maximum atomic E-state index is 6.06. The average Bonchev–Trinajstić information content (AvgIpc) is 2.61. The van der Waals surface area contributed by atoms with Gasteiger partial charge in [0.05, 0.1) is 0 Å². The Labute approximate surface area is 104 Å². The maximum Gasteiger partial charge on any atom is 0.134 e. The Morgan fingerprint density at radius 2 is 1.88 bits per heavy atom. The summed E-state index contributed by atoms with van der Waals surface area (Å²) in [5.41, 5.74) is 7.13. The van der Waals surface area contributed by atoms with E-state index >= 15 is 0 Å². The van der Waals surface area contributed by atoms with Crippen LogP contribution in [0.15, 0.2) is 24.3 Å². The van der Waals surface area contributed by atoms with Crippen LogP contribution in [0.25, 0.3) is 11.3 Å². The van der Waals surface area contributed by atoms with Crippen molar-refractivity contribution in [3.63, 3.8) is 0 Å². The van der Waals surface area contributed by atoms with Crippen LogP contribution in [0.1, 0.15) is 5.82 Å². The molecule has 0 unspecified atom stereocenters. The number of rotatable bonds is 3. The van der Waals surface area contributed by atoms with Crippen LogP contribution in [-0.2, 0) is 6.42 Å². The van der Waals surface area contributed by atoms with Gasteiger partial charge in [0.1, 0.15) is 16.7 Å². The van der Waals surface area contributed by atoms with Crippen molar-refractivity contribution >= 4 is 23.2 Å². The van der Waals surface area contributed by atoms with Gasteiger partial charge in [0.2, 0.25) is 0 Å². The Morgan fingerprint density at radius 3 is 2.50 bits per heavy atom. The summed E-state index contributed by atoms with van der Waals surface area (Å²) in [4.78, 5) is 7.39. The normalized spacial score (nSPS) is 10.7. The predicted octanol–water partition coefficient (Wildman–Crippen LogP) is 2.88. The number of hydrogen-bond acceptors (Lipinski definition) is 2. The molecule has 0 aliphatic rings. The van der Waals surface area contributed by atoms with Crippen LogP contribution in [0, 0.1) is 0 Å². The second-order valence-corrected chi connectivity index (χ2v) is 4.21. The van der Waals surface area contributed by atoms with E-state index in [-0.39, 0.29) is 0 Å². The highest BCUT2D eigenvalue weighted by molar-refractivity contribution is 6.32. The zero-order chi connectivity index (χ0) is 11.5. The molecule has 0 aliphatic heterocycles. The number of imidazole rings is 1. The molecule has 0 saturated carbocycles. The lowest BCUT2D eigenvalue weighted by atomic mass is 10.2. The first-order valence-electron chi connectivity index (χ1n) is 4.91. The van der Waals surface area contributed by atoms with Crippen LogP contribution in [0.5, 0.6) is 0 Å². The number of nitrogens with one attached hydrogen (secondary N) is 1. The molecule has 0 spiro atoms. The highest BCUT2D eigenvalue weighted by atomic mass is 35.5. The highest BCUT2D eigenvalue weighted by Crippen LogP contribution is 2.26. The van der Waals surface area contributed by atoms with E-state index < -0.39 is 0 Å². The molecule has 1 heterocycles. The number of nitrogens with two attached hydrogens (primary N) is 1. The van der Waals surface area contributed by atoms with Gasteiger partial charge < -0.3 is 10.7 Å². The van der Waals surface area contributed by atoms with E-state index in [4.69, 9.17) is 28.9 Å². The van der Waals surface area contributed by atoms with E-state index in [1.54, 1.807) is 0 Å². The SMILES string of the molecule is NCCc1nc(-c2ccc(Cl)cc2)c(Cl)[nH]1. The van der Waals surface area contributed by atoms with Crippen molar-refractivity contribution in [2.75, 3.05) is 6.54 Å². The first kappa shape index (κ1) is 11.5. The Balaban J connectivity index is 2.36. The first-order chi connectivity index (χ1) is 7.70. The quantitative estimate of drug-likeness (QED) is 0.887. The number of nitrogens with zero attached hydrogens (tertiary/aromatic N) is 1. The van der Waals surface area contributed by atoms with Crippen molar-refractivity contribution in [2.24, 2.45) is 5.73 Å². The van der Waals surface area contributed by atoms with Gasteiger partial charge in [-0.2, -0.15) is 0 Å². The molecule has 0 amide bonds. The van der Waals surface area contributed by atoms with Gasteiger partial charge in [-0.05, 0) is 18.7 Å². The van der Waals surface area contributed by atoms with E-state index in [1.165, 1.54) is 0 Å². The van der Waals surface area contributed by atoms with Gasteiger partial charge in [0, 0.05) is 17.0 Å². The fourth-order valence-corrected chi connectivity index (χ4v) is 1.84. The maximum absolute atomic E-state index is 6.06. The van der Waals surface area contributed by atoms with Crippen LogP contribution in [-0.4, -0.2) is 16.5 Å². The van der Waals surface area contributed by atoms with E-state index in [1.807, 2.05) is 24.3 Å². The number of H-pyrrole nitrogens is 1. The largest absolute Gasteiger partial charge is 0.332 e. The van der Waals surface area contributed by atoms with Gasteiger partial charge in [-0.25, -0.2) is 4.98 Å². The summed E-state index contributed by atoms with van der Waals surface area (Å²) in [7, 11) is 0. The van der Waals surface area contributed by atoms with Crippen molar-refractivity contribution in [3.05, 3.63) is 40.3 Å². The van der Waals surface area contributed by atoms with Crippen molar-refractivity contribution in [1.82, 2.24) is 9.97 Å². The molecule has 16 heavy (non-hydrogen) atoms. The van der Waals surface area contributed by atoms with Gasteiger partial charge in [0.25, 0.3) is 0 Å². The Hall–Kier alpha value is -1.03. The Kier molecular flexibility index (Phi) is 3.49. The fraction of sp³-hybridized carbons (Fsp3) is 0.182. The van der Waals surface area contributed by atoms with Crippen LogP contribution >= 0.6 is 23.2 Å². The van der Waals surface area contributed by atoms with Crippen LogP contribution in [0.2, 0.25) is 10.2 Å². The zero-order valence-electron chi connectivity index (χ0n) is 8.50. The van der Waals surface area contributed by atoms with Gasteiger partial charge >= 0.3 is 0 Å². The van der Waals surface area contributed by atoms with Crippen LogP contribution in [0.4, 0.5) is 0 Å². The third-order valence-corrected chi connectivity index (χ3v) is 2.73. The van der Waals surface area contributed by atoms with Crippen molar-refractivity contribution in [2.45, 2.75) is 6.42 Å². The third kappa shape index (κ3) is 2.38. The molecule has 0 bridgehead atoms. The van der Waals surface area contributed by atoms with Crippen molar-refractivity contribution in [1.29, 1.82) is 0 Å². The monoisotopic (exact) mass is 255 g/mol. The average molecular weight is 256 g/mol. The second-order valence-electron chi connectivity index (χ2n) is 3.39. The minimum Gasteiger partial charge on any atom is -0.332 e. The molecular weight excluding hydrogens is 245 g/mol. The second kappa shape index (κ2) is 4.87. The third-order valence-electron chi connectivity index (χ3n) is 2.21. The standard InChI is InChI=1S/C11H11Cl2N3/c12-8-3-1-7(2-4-8)10-11(13)16-9(15-10)5-6-14/h1-4H,5-6,14H2,(H,15,16). The minimum absolute atomic E-state index is 0.533. The molecular formula is C11H11Cl2N3. The summed E-state index contributed by atoms with van der Waals surface area (Å²) >= 11 is 11.9. The van der Waals surface area contributed by atoms with Crippen LogP contribution < -0.4 is 5.73 Å². The summed E-state index contributed by atoms with van der Waals surface area (Å²) in [5, 5.41) is 1.23. The summed E-state index contributed by atoms with van der Waals surface area (Å²) < 4.78 is 0. The van der Waals surface area contributed by atoms with E-state index in [0.29, 0.717) is 23.1 Å². The summed E-state index contributed by atoms with van der Waals surface area (Å²) in [5.74, 6) is 0.803. The lowest BCUT2D eigenvalue weighted by Gasteiger charge is -1.97. The molecule has 1 aromatic carbocycles. The number of aromatic amines is 1. The minimum atomic E-state index is 0.533. The molecule has 3 N–H and O–H groups in total. The number of aromatic nitrogens is 2. The topological polar surface area (TPSA) is 54.7 Å². The number of benzene rings is 1. The molecule has 0 saturated heterocycles. The molecule has 2 rings (SSSR count). The van der Waals surface area contributed by atoms with E-state index in [2.05, 4.69) is 9.97 Å². The van der Waals surface area contributed by atoms with E-state index in [9.17, 15) is 0 Å². The molecule has 0 aliphatic carbocycles. The molecule has 0 radical (unpaired) electrons. The smallest absolute Gasteiger partial charge is 0.134 e. The molecule has 0 fully saturated rings. The van der Waals surface area contributed by atoms with E-state index in [0.717, 1.165) is 17.1 Å². The molecule has 5 heteroatoms. The van der Waals surface area contributed by atoms with Gasteiger partial charge in [-0.15, -0.1) is 0 Å². The first-order valence-corrected chi connectivity index (χ1v) is 5.66. The predicted molar refractivity (Wildman–Crippen MR) is 66.8 cm³/mol. The highest BCUT2D eigenvalue weighted by Gasteiger charge is 2.09. The Bertz CT molecular complexity index is 476. The van der Waals surface area contributed by atoms with Gasteiger partial charge in [-0.3, -0.25) is 0 Å². The lowest BCUT2D eigenvalue weighted by Crippen LogP contribution is -2.03. The van der Waals surface area contributed by atoms with Crippen molar-refractivity contribution < 1.29 is 0 Å². The summed E-state index contributed by atoms with van der Waals surface area (Å²) in [6, 6.07) is 7.39. The summed E-state index contributed by atoms with van der Waals surface area (Å²) in [6.07, 6.45) is 0.688. The van der Waals surface area contributed by atoms with Crippen molar-refractivity contribution in [3.8, 4) is 11.3 Å². The molecule has 1 aromatic heterocycles. The molecule has 3 nitrogen and oxygen atoms in total. The fourth-order valence-electron chi connectivity index (χ4n) is 1.45. The van der Waals surface area contributed by atoms with Crippen LogP contribution in [0.3, 0.4) is 0 Å². The lowest BCUT2D eigenvalue weighted by molar-refractivity contribution is 0.895. The zero-order valence-corrected chi connectivity index (χ0v) is 10.0. The molecule has 2 aromatic rings. The van der Waals surface area contributed by atoms with Gasteiger partial charge in [0.15, 0.2) is 0 Å². The van der Waals surface area contributed by atoms with Gasteiger partial charge in [-0.1, -0.05) is 35.3 Å². The number of halogens is 2. The Morgan fingerprint density at radius 1 is 1.19 bits per heavy atom. The number of hydrogen-bond donors (Lipinski definition) is 2. The summed E-state index contributed by atoms with van der Waals surface area (Å²) in [6.45, 7) is 0.546. The molecule has 84 valence electrons. The molecule has 0 atom stereocenters.